The fourth-order valence-corrected chi connectivity index (χ4v) is 4.77. The minimum atomic E-state index is -0.464. The van der Waals surface area contributed by atoms with Crippen LogP contribution in [0.5, 0.6) is 5.75 Å². The van der Waals surface area contributed by atoms with Crippen LogP contribution in [0, 0.1) is 5.82 Å². The summed E-state index contributed by atoms with van der Waals surface area (Å²) in [5.41, 5.74) is 0.641. The molecule has 0 saturated carbocycles. The first-order valence-electron chi connectivity index (χ1n) is 9.62. The Morgan fingerprint density at radius 3 is 2.03 bits per heavy atom. The molecule has 3 aromatic rings. The predicted octanol–water partition coefficient (Wildman–Crippen LogP) is 7.54. The number of benzene rings is 3. The van der Waals surface area contributed by atoms with Crippen LogP contribution in [0.4, 0.5) is 8.78 Å². The lowest BCUT2D eigenvalue weighted by atomic mass is 10.0. The van der Waals surface area contributed by atoms with Crippen LogP contribution in [0.1, 0.15) is 28.8 Å². The van der Waals surface area contributed by atoms with Crippen molar-refractivity contribution in [2.45, 2.75) is 27.5 Å². The number of hydrogen-bond acceptors (Lipinski definition) is 4. The SMILES string of the molecule is O=C(c1ccc(O)cc1)c1ccc(Sc2ccc(SC3=CC=C(F)CC3)cc2)c(F)c1. The first kappa shape index (κ1) is 21.4. The lowest BCUT2D eigenvalue weighted by Crippen LogP contribution is -2.01. The van der Waals surface area contributed by atoms with Crippen LogP contribution in [-0.2, 0) is 0 Å². The molecule has 4 rings (SSSR count). The van der Waals surface area contributed by atoms with Gasteiger partial charge in [0.1, 0.15) is 17.4 Å². The lowest BCUT2D eigenvalue weighted by molar-refractivity contribution is 0.103. The minimum absolute atomic E-state index is 0.0695. The van der Waals surface area contributed by atoms with Gasteiger partial charge in [-0.15, -0.1) is 0 Å². The molecule has 0 saturated heterocycles. The quantitative estimate of drug-likeness (QED) is 0.392. The molecule has 1 aliphatic carbocycles. The summed E-state index contributed by atoms with van der Waals surface area (Å²) in [4.78, 5) is 16.0. The summed E-state index contributed by atoms with van der Waals surface area (Å²) >= 11 is 2.89. The zero-order chi connectivity index (χ0) is 21.8. The van der Waals surface area contributed by atoms with Crippen molar-refractivity contribution in [1.82, 2.24) is 0 Å². The van der Waals surface area contributed by atoms with E-state index in [-0.39, 0.29) is 22.9 Å². The third-order valence-electron chi connectivity index (χ3n) is 4.68. The van der Waals surface area contributed by atoms with E-state index in [1.54, 1.807) is 23.9 Å². The molecule has 6 heteroatoms. The average molecular weight is 453 g/mol. The molecule has 2 nitrogen and oxygen atoms in total. The lowest BCUT2D eigenvalue weighted by Gasteiger charge is -2.10. The number of carbonyl (C=O) groups is 1. The van der Waals surface area contributed by atoms with Crippen molar-refractivity contribution in [2.24, 2.45) is 0 Å². The Balaban J connectivity index is 1.43. The number of phenolic OH excluding ortho intramolecular Hbond substituents is 1. The molecule has 31 heavy (non-hydrogen) atoms. The maximum atomic E-state index is 14.6. The summed E-state index contributed by atoms with van der Waals surface area (Å²) in [5.74, 6) is -0.785. The van der Waals surface area contributed by atoms with Crippen molar-refractivity contribution in [1.29, 1.82) is 0 Å². The molecular formula is C25H18F2O2S2. The van der Waals surface area contributed by atoms with Gasteiger partial charge in [0.05, 0.1) is 0 Å². The summed E-state index contributed by atoms with van der Waals surface area (Å²) in [5, 5.41) is 9.34. The van der Waals surface area contributed by atoms with E-state index in [1.165, 1.54) is 48.2 Å². The van der Waals surface area contributed by atoms with Crippen LogP contribution < -0.4 is 0 Å². The largest absolute Gasteiger partial charge is 0.508 e. The van der Waals surface area contributed by atoms with Crippen molar-refractivity contribution in [3.63, 3.8) is 0 Å². The van der Waals surface area contributed by atoms with Crippen LogP contribution in [0.25, 0.3) is 0 Å². The van der Waals surface area contributed by atoms with E-state index >= 15 is 0 Å². The van der Waals surface area contributed by atoms with Gasteiger partial charge in [0.15, 0.2) is 5.78 Å². The highest BCUT2D eigenvalue weighted by atomic mass is 32.2. The smallest absolute Gasteiger partial charge is 0.193 e. The van der Waals surface area contributed by atoms with Gasteiger partial charge in [0.2, 0.25) is 0 Å². The molecule has 0 spiro atoms. The fourth-order valence-electron chi connectivity index (χ4n) is 3.04. The number of hydrogen-bond donors (Lipinski definition) is 1. The molecule has 1 N–H and O–H groups in total. The Morgan fingerprint density at radius 2 is 1.42 bits per heavy atom. The van der Waals surface area contributed by atoms with E-state index in [9.17, 15) is 18.7 Å². The second kappa shape index (κ2) is 9.54. The number of rotatable bonds is 6. The van der Waals surface area contributed by atoms with Crippen molar-refractivity contribution in [2.75, 3.05) is 0 Å². The van der Waals surface area contributed by atoms with Crippen LogP contribution in [-0.4, -0.2) is 10.9 Å². The molecule has 0 aliphatic heterocycles. The zero-order valence-electron chi connectivity index (χ0n) is 16.3. The number of carbonyl (C=O) groups excluding carboxylic acids is 1. The molecule has 0 fully saturated rings. The molecule has 3 aromatic carbocycles. The minimum Gasteiger partial charge on any atom is -0.508 e. The molecule has 156 valence electrons. The zero-order valence-corrected chi connectivity index (χ0v) is 18.0. The number of thioether (sulfide) groups is 1. The first-order valence-corrected chi connectivity index (χ1v) is 11.3. The predicted molar refractivity (Wildman–Crippen MR) is 121 cm³/mol. The molecular weight excluding hydrogens is 434 g/mol. The van der Waals surface area contributed by atoms with E-state index in [2.05, 4.69) is 0 Å². The third-order valence-corrected chi connectivity index (χ3v) is 6.85. The summed E-state index contributed by atoms with van der Waals surface area (Å²) in [6.07, 6.45) is 4.46. The second-order valence-electron chi connectivity index (χ2n) is 6.94. The molecule has 1 aliphatic rings. The Bertz CT molecular complexity index is 1170. The number of ketones is 1. The highest BCUT2D eigenvalue weighted by Gasteiger charge is 2.13. The normalized spacial score (nSPS) is 13.5. The van der Waals surface area contributed by atoms with E-state index < -0.39 is 5.82 Å². The number of aromatic hydroxyl groups is 1. The summed E-state index contributed by atoms with van der Waals surface area (Å²) in [6.45, 7) is 0. The second-order valence-corrected chi connectivity index (χ2v) is 9.26. The van der Waals surface area contributed by atoms with Gasteiger partial charge in [-0.3, -0.25) is 4.79 Å². The Morgan fingerprint density at radius 1 is 0.774 bits per heavy atom. The van der Waals surface area contributed by atoms with Gasteiger partial charge in [-0.05, 0) is 90.2 Å². The van der Waals surface area contributed by atoms with E-state index in [4.69, 9.17) is 0 Å². The number of allylic oxidation sites excluding steroid dienone is 4. The van der Waals surface area contributed by atoms with Gasteiger partial charge in [-0.2, -0.15) is 0 Å². The third kappa shape index (κ3) is 5.46. The van der Waals surface area contributed by atoms with Crippen LogP contribution >= 0.6 is 23.5 Å². The van der Waals surface area contributed by atoms with Gasteiger partial charge in [-0.1, -0.05) is 23.5 Å². The maximum absolute atomic E-state index is 14.6. The van der Waals surface area contributed by atoms with Crippen molar-refractivity contribution < 1.29 is 18.7 Å². The van der Waals surface area contributed by atoms with Gasteiger partial charge in [0, 0.05) is 32.2 Å². The van der Waals surface area contributed by atoms with Gasteiger partial charge in [0.25, 0.3) is 0 Å². The average Bonchev–Trinajstić information content (AvgIpc) is 2.78. The highest BCUT2D eigenvalue weighted by Crippen LogP contribution is 2.36. The Hall–Kier alpha value is -2.83. The molecule has 0 aromatic heterocycles. The van der Waals surface area contributed by atoms with E-state index in [0.717, 1.165) is 14.7 Å². The van der Waals surface area contributed by atoms with E-state index in [0.29, 0.717) is 23.3 Å². The van der Waals surface area contributed by atoms with Crippen molar-refractivity contribution >= 4 is 29.3 Å². The van der Waals surface area contributed by atoms with Crippen LogP contribution in [0.2, 0.25) is 0 Å². The monoisotopic (exact) mass is 452 g/mol. The van der Waals surface area contributed by atoms with E-state index in [1.807, 2.05) is 30.3 Å². The summed E-state index contributed by atoms with van der Waals surface area (Å²) in [7, 11) is 0. The molecule has 0 unspecified atom stereocenters. The molecule has 0 atom stereocenters. The number of halogens is 2. The number of phenols is 1. The summed E-state index contributed by atoms with van der Waals surface area (Å²) < 4.78 is 27.7. The molecule has 0 bridgehead atoms. The first-order chi connectivity index (χ1) is 15.0. The van der Waals surface area contributed by atoms with Crippen LogP contribution in [0.15, 0.2) is 104 Å². The Kier molecular flexibility index (Phi) is 6.59. The van der Waals surface area contributed by atoms with Crippen molar-refractivity contribution in [3.05, 3.63) is 107 Å². The standard InChI is InChI=1S/C25H18F2O2S2/c26-18-4-8-20(9-5-18)30-21-10-12-22(13-11-21)31-24-14-3-17(15-23(24)27)25(29)16-1-6-19(28)7-2-16/h1-4,6-8,10-15,28H,5,9H2. The fraction of sp³-hybridized carbons (Fsp3) is 0.0800. The highest BCUT2D eigenvalue weighted by molar-refractivity contribution is 8.03. The van der Waals surface area contributed by atoms with Gasteiger partial charge in [-0.25, -0.2) is 8.78 Å². The molecule has 0 amide bonds. The Labute approximate surface area is 187 Å². The molecule has 0 heterocycles. The van der Waals surface area contributed by atoms with Gasteiger partial charge < -0.3 is 5.11 Å². The topological polar surface area (TPSA) is 37.3 Å². The summed E-state index contributed by atoms with van der Waals surface area (Å²) in [6, 6.07) is 18.1. The van der Waals surface area contributed by atoms with Crippen LogP contribution in [0.3, 0.4) is 0 Å². The molecule has 0 radical (unpaired) electrons. The van der Waals surface area contributed by atoms with Crippen molar-refractivity contribution in [3.8, 4) is 5.75 Å². The maximum Gasteiger partial charge on any atom is 0.193 e. The van der Waals surface area contributed by atoms with Gasteiger partial charge >= 0.3 is 0 Å².